The number of hydrogen-bond acceptors (Lipinski definition) is 2. The van der Waals surface area contributed by atoms with E-state index in [0.717, 1.165) is 18.2 Å². The van der Waals surface area contributed by atoms with Gasteiger partial charge >= 0.3 is 5.97 Å². The molecule has 0 atom stereocenters. The smallest absolute Gasteiger partial charge is 0.343 e. The number of fused-ring (bicyclic) bond motifs is 1. The molecule has 0 unspecified atom stereocenters. The second-order valence-electron chi connectivity index (χ2n) is 5.83. The molecular weight excluding hydrogens is 348 g/mol. The molecule has 134 valence electrons. The zero-order valence-electron chi connectivity index (χ0n) is 13.8. The first kappa shape index (κ1) is 17.9. The number of hydrogen-bond donors (Lipinski definition) is 0. The molecule has 0 bridgehead atoms. The Balaban J connectivity index is 1.91. The lowest BCUT2D eigenvalue weighted by molar-refractivity contribution is 0.0720. The van der Waals surface area contributed by atoms with Gasteiger partial charge in [0.15, 0.2) is 23.3 Å². The second kappa shape index (κ2) is 7.15. The topological polar surface area (TPSA) is 26.3 Å². The van der Waals surface area contributed by atoms with Gasteiger partial charge in [0.2, 0.25) is 5.75 Å². The number of aryl methyl sites for hydroxylation is 1. The molecular formula is C20H14F4O2. The molecule has 0 N–H and O–H groups in total. The van der Waals surface area contributed by atoms with Gasteiger partial charge in [-0.3, -0.25) is 0 Å². The first-order valence-corrected chi connectivity index (χ1v) is 7.98. The number of ether oxygens (including phenoxy) is 1. The highest BCUT2D eigenvalue weighted by molar-refractivity contribution is 5.96. The molecule has 0 spiro atoms. The molecule has 0 heterocycles. The lowest BCUT2D eigenvalue weighted by Crippen LogP contribution is -2.11. The summed E-state index contributed by atoms with van der Waals surface area (Å²) in [6, 6.07) is 8.14. The molecule has 2 nitrogen and oxygen atoms in total. The van der Waals surface area contributed by atoms with Crippen molar-refractivity contribution in [1.82, 2.24) is 0 Å². The van der Waals surface area contributed by atoms with Gasteiger partial charge in [-0.2, -0.15) is 0 Å². The third-order valence-corrected chi connectivity index (χ3v) is 3.93. The molecule has 0 saturated carbocycles. The van der Waals surface area contributed by atoms with Crippen molar-refractivity contribution in [2.75, 3.05) is 0 Å². The van der Waals surface area contributed by atoms with Gasteiger partial charge in [0.25, 0.3) is 0 Å². The normalized spacial score (nSPS) is 11.0. The maximum atomic E-state index is 14.1. The SMILES string of the molecule is CCCc1cc(F)c(OC(=O)c2ccc3c(F)c(F)ccc3c2)c(F)c1. The van der Waals surface area contributed by atoms with Gasteiger partial charge in [-0.15, -0.1) is 0 Å². The zero-order valence-corrected chi connectivity index (χ0v) is 13.8. The summed E-state index contributed by atoms with van der Waals surface area (Å²) in [6.45, 7) is 1.87. The van der Waals surface area contributed by atoms with Crippen LogP contribution in [0.1, 0.15) is 29.3 Å². The Kier molecular flexibility index (Phi) is 4.93. The van der Waals surface area contributed by atoms with E-state index in [-0.39, 0.29) is 16.3 Å². The molecule has 3 aromatic carbocycles. The standard InChI is InChI=1S/C20H14F4O2/c1-2-3-11-8-16(22)19(17(23)9-11)26-20(25)13-4-6-14-12(10-13)5-7-15(21)18(14)24/h4-10H,2-3H2,1H3. The Hall–Kier alpha value is -2.89. The Morgan fingerprint density at radius 2 is 1.62 bits per heavy atom. The fourth-order valence-corrected chi connectivity index (χ4v) is 2.69. The third kappa shape index (κ3) is 3.40. The minimum atomic E-state index is -1.04. The minimum Gasteiger partial charge on any atom is -0.417 e. The average Bonchev–Trinajstić information content (AvgIpc) is 2.61. The van der Waals surface area contributed by atoms with Crippen molar-refractivity contribution in [2.45, 2.75) is 19.8 Å². The Labute approximate surface area is 147 Å². The predicted molar refractivity (Wildman–Crippen MR) is 89.2 cm³/mol. The fourth-order valence-electron chi connectivity index (χ4n) is 2.69. The second-order valence-corrected chi connectivity index (χ2v) is 5.83. The summed E-state index contributed by atoms with van der Waals surface area (Å²) in [5.74, 6) is -5.79. The first-order chi connectivity index (χ1) is 12.4. The molecule has 3 rings (SSSR count). The van der Waals surface area contributed by atoms with Crippen molar-refractivity contribution in [2.24, 2.45) is 0 Å². The molecule has 3 aromatic rings. The Morgan fingerprint density at radius 3 is 2.27 bits per heavy atom. The Morgan fingerprint density at radius 1 is 0.923 bits per heavy atom. The van der Waals surface area contributed by atoms with E-state index in [0.29, 0.717) is 18.4 Å². The summed E-state index contributed by atoms with van der Waals surface area (Å²) in [5.41, 5.74) is 0.422. The molecule has 0 aliphatic carbocycles. The molecule has 0 radical (unpaired) electrons. The van der Waals surface area contributed by atoms with Crippen molar-refractivity contribution >= 4 is 16.7 Å². The number of rotatable bonds is 4. The highest BCUT2D eigenvalue weighted by Gasteiger charge is 2.18. The largest absolute Gasteiger partial charge is 0.417 e. The van der Waals surface area contributed by atoms with Crippen molar-refractivity contribution in [3.63, 3.8) is 0 Å². The van der Waals surface area contributed by atoms with Crippen LogP contribution in [0.4, 0.5) is 17.6 Å². The van der Waals surface area contributed by atoms with E-state index in [1.165, 1.54) is 24.3 Å². The third-order valence-electron chi connectivity index (χ3n) is 3.93. The summed E-state index contributed by atoms with van der Waals surface area (Å²) < 4.78 is 59.9. The molecule has 0 aliphatic heterocycles. The van der Waals surface area contributed by atoms with E-state index in [2.05, 4.69) is 0 Å². The van der Waals surface area contributed by atoms with Gasteiger partial charge in [0.1, 0.15) is 0 Å². The highest BCUT2D eigenvalue weighted by Crippen LogP contribution is 2.26. The summed E-state index contributed by atoms with van der Waals surface area (Å²) in [5, 5.41) is 0.250. The van der Waals surface area contributed by atoms with Crippen LogP contribution in [0.2, 0.25) is 0 Å². The van der Waals surface area contributed by atoms with Crippen LogP contribution in [0.25, 0.3) is 10.8 Å². The van der Waals surface area contributed by atoms with E-state index in [4.69, 9.17) is 4.74 Å². The number of carbonyl (C=O) groups is 1. The van der Waals surface area contributed by atoms with Gasteiger partial charge in [-0.1, -0.05) is 25.5 Å². The monoisotopic (exact) mass is 362 g/mol. The zero-order chi connectivity index (χ0) is 18.8. The maximum Gasteiger partial charge on any atom is 0.343 e. The quantitative estimate of drug-likeness (QED) is 0.345. The molecule has 0 aromatic heterocycles. The number of benzene rings is 3. The van der Waals surface area contributed by atoms with Crippen molar-refractivity contribution in [3.05, 3.63) is 76.9 Å². The molecule has 6 heteroatoms. The van der Waals surface area contributed by atoms with Crippen LogP contribution in [0.15, 0.2) is 42.5 Å². The van der Waals surface area contributed by atoms with Crippen molar-refractivity contribution < 1.29 is 27.1 Å². The predicted octanol–water partition coefficient (Wildman–Crippen LogP) is 5.57. The lowest BCUT2D eigenvalue weighted by atomic mass is 10.1. The van der Waals surface area contributed by atoms with E-state index in [9.17, 15) is 22.4 Å². The van der Waals surface area contributed by atoms with Gasteiger partial charge < -0.3 is 4.74 Å². The summed E-state index contributed by atoms with van der Waals surface area (Å²) in [7, 11) is 0. The number of carbonyl (C=O) groups excluding carboxylic acids is 1. The lowest BCUT2D eigenvalue weighted by Gasteiger charge is -2.09. The number of esters is 1. The Bertz CT molecular complexity index is 976. The van der Waals surface area contributed by atoms with Gasteiger partial charge in [0, 0.05) is 5.39 Å². The van der Waals surface area contributed by atoms with E-state index < -0.39 is 35.0 Å². The number of halogens is 4. The summed E-state index contributed by atoms with van der Waals surface area (Å²) in [6.07, 6.45) is 1.21. The van der Waals surface area contributed by atoms with Crippen molar-refractivity contribution in [1.29, 1.82) is 0 Å². The van der Waals surface area contributed by atoms with Gasteiger partial charge in [-0.25, -0.2) is 22.4 Å². The molecule has 0 saturated heterocycles. The van der Waals surface area contributed by atoms with Crippen LogP contribution in [-0.4, -0.2) is 5.97 Å². The molecule has 26 heavy (non-hydrogen) atoms. The summed E-state index contributed by atoms with van der Waals surface area (Å²) in [4.78, 5) is 12.2. The van der Waals surface area contributed by atoms with Crippen LogP contribution in [0.3, 0.4) is 0 Å². The van der Waals surface area contributed by atoms with Crippen molar-refractivity contribution in [3.8, 4) is 5.75 Å². The molecule has 0 amide bonds. The van der Waals surface area contributed by atoms with Crippen LogP contribution in [0, 0.1) is 23.3 Å². The van der Waals surface area contributed by atoms with E-state index in [1.54, 1.807) is 0 Å². The first-order valence-electron chi connectivity index (χ1n) is 7.98. The summed E-state index contributed by atoms with van der Waals surface area (Å²) >= 11 is 0. The van der Waals surface area contributed by atoms with Crippen LogP contribution in [0.5, 0.6) is 5.75 Å². The average molecular weight is 362 g/mol. The van der Waals surface area contributed by atoms with Gasteiger partial charge in [0.05, 0.1) is 5.56 Å². The van der Waals surface area contributed by atoms with Crippen LogP contribution in [-0.2, 0) is 6.42 Å². The van der Waals surface area contributed by atoms with Crippen LogP contribution >= 0.6 is 0 Å². The molecule has 0 fully saturated rings. The van der Waals surface area contributed by atoms with Crippen LogP contribution < -0.4 is 4.74 Å². The van der Waals surface area contributed by atoms with E-state index >= 15 is 0 Å². The maximum absolute atomic E-state index is 14.1. The molecule has 0 aliphatic rings. The van der Waals surface area contributed by atoms with E-state index in [1.807, 2.05) is 6.92 Å². The highest BCUT2D eigenvalue weighted by atomic mass is 19.2. The van der Waals surface area contributed by atoms with Gasteiger partial charge in [-0.05, 0) is 47.7 Å². The minimum absolute atomic E-state index is 0.0113. The fraction of sp³-hybridized carbons (Fsp3) is 0.150.